The fourth-order valence-electron chi connectivity index (χ4n) is 2.45. The van der Waals surface area contributed by atoms with Crippen LogP contribution >= 0.6 is 0 Å². The van der Waals surface area contributed by atoms with Gasteiger partial charge in [-0.15, -0.1) is 0 Å². The molecule has 0 saturated carbocycles. The largest absolute Gasteiger partial charge is 0.493 e. The number of ether oxygens (including phenoxy) is 2. The average Bonchev–Trinajstić information content (AvgIpc) is 2.99. The number of hydrogen-bond donors (Lipinski definition) is 1. The molecule has 1 N–H and O–H groups in total. The number of methoxy groups -OCH3 is 2. The molecule has 21 heavy (non-hydrogen) atoms. The summed E-state index contributed by atoms with van der Waals surface area (Å²) >= 11 is 0. The summed E-state index contributed by atoms with van der Waals surface area (Å²) in [6.45, 7) is 2.94. The van der Waals surface area contributed by atoms with E-state index in [1.54, 1.807) is 14.2 Å². The standard InChI is InChI=1S/C16H23N3O2/c1-5-16-18-8-9-19(16)11-13(17-2)12-6-7-14(20-3)15(10-12)21-4/h6-10,13,17H,5,11H2,1-4H3. The summed E-state index contributed by atoms with van der Waals surface area (Å²) < 4.78 is 12.8. The van der Waals surface area contributed by atoms with Gasteiger partial charge in [0.15, 0.2) is 11.5 Å². The highest BCUT2D eigenvalue weighted by atomic mass is 16.5. The zero-order valence-corrected chi connectivity index (χ0v) is 13.1. The van der Waals surface area contributed by atoms with E-state index in [2.05, 4.69) is 27.9 Å². The minimum atomic E-state index is 0.185. The Hall–Kier alpha value is -2.01. The first-order chi connectivity index (χ1) is 10.2. The fourth-order valence-corrected chi connectivity index (χ4v) is 2.45. The number of nitrogens with one attached hydrogen (secondary N) is 1. The van der Waals surface area contributed by atoms with Crippen molar-refractivity contribution >= 4 is 0 Å². The molecule has 2 rings (SSSR count). The number of imidazole rings is 1. The second-order valence-electron chi connectivity index (χ2n) is 4.81. The highest BCUT2D eigenvalue weighted by Gasteiger charge is 2.14. The number of rotatable bonds is 7. The van der Waals surface area contributed by atoms with Gasteiger partial charge in [0.25, 0.3) is 0 Å². The first-order valence-electron chi connectivity index (χ1n) is 7.12. The van der Waals surface area contributed by atoms with Gasteiger partial charge in [0, 0.05) is 25.4 Å². The lowest BCUT2D eigenvalue weighted by Crippen LogP contribution is -2.22. The van der Waals surface area contributed by atoms with Crippen LogP contribution in [0.1, 0.15) is 24.4 Å². The molecule has 0 bridgehead atoms. The lowest BCUT2D eigenvalue weighted by atomic mass is 10.1. The highest BCUT2D eigenvalue weighted by Crippen LogP contribution is 2.30. The van der Waals surface area contributed by atoms with E-state index in [9.17, 15) is 0 Å². The van der Waals surface area contributed by atoms with E-state index >= 15 is 0 Å². The molecule has 0 radical (unpaired) electrons. The van der Waals surface area contributed by atoms with E-state index in [4.69, 9.17) is 9.47 Å². The van der Waals surface area contributed by atoms with E-state index in [0.717, 1.165) is 35.9 Å². The van der Waals surface area contributed by atoms with Gasteiger partial charge in [-0.25, -0.2) is 4.98 Å². The van der Waals surface area contributed by atoms with Crippen molar-refractivity contribution in [3.8, 4) is 11.5 Å². The average molecular weight is 289 g/mol. The Labute approximate surface area is 125 Å². The third-order valence-electron chi connectivity index (χ3n) is 3.66. The predicted octanol–water partition coefficient (Wildman–Crippen LogP) is 2.42. The van der Waals surface area contributed by atoms with Crippen molar-refractivity contribution in [3.05, 3.63) is 42.0 Å². The molecule has 1 aromatic carbocycles. The van der Waals surface area contributed by atoms with Crippen LogP contribution in [0.3, 0.4) is 0 Å². The molecule has 114 valence electrons. The molecule has 0 aliphatic heterocycles. The van der Waals surface area contributed by atoms with Crippen molar-refractivity contribution in [1.82, 2.24) is 14.9 Å². The quantitative estimate of drug-likeness (QED) is 0.850. The molecule has 0 aliphatic rings. The second-order valence-corrected chi connectivity index (χ2v) is 4.81. The minimum Gasteiger partial charge on any atom is -0.493 e. The van der Waals surface area contributed by atoms with E-state index < -0.39 is 0 Å². The molecule has 1 unspecified atom stereocenters. The number of nitrogens with zero attached hydrogens (tertiary/aromatic N) is 2. The Morgan fingerprint density at radius 2 is 2.00 bits per heavy atom. The first kappa shape index (κ1) is 15.4. The van der Waals surface area contributed by atoms with Crippen molar-refractivity contribution in [2.75, 3.05) is 21.3 Å². The molecule has 5 nitrogen and oxygen atoms in total. The summed E-state index contributed by atoms with van der Waals surface area (Å²) in [4.78, 5) is 4.37. The maximum absolute atomic E-state index is 5.38. The van der Waals surface area contributed by atoms with Crippen molar-refractivity contribution in [2.45, 2.75) is 25.9 Å². The van der Waals surface area contributed by atoms with Crippen LogP contribution in [0.25, 0.3) is 0 Å². The molecule has 0 amide bonds. The number of benzene rings is 1. The van der Waals surface area contributed by atoms with Gasteiger partial charge in [-0.2, -0.15) is 0 Å². The maximum Gasteiger partial charge on any atom is 0.161 e. The van der Waals surface area contributed by atoms with Gasteiger partial charge >= 0.3 is 0 Å². The third-order valence-corrected chi connectivity index (χ3v) is 3.66. The van der Waals surface area contributed by atoms with Gasteiger partial charge in [-0.1, -0.05) is 13.0 Å². The van der Waals surface area contributed by atoms with Crippen molar-refractivity contribution in [3.63, 3.8) is 0 Å². The smallest absolute Gasteiger partial charge is 0.161 e. The lowest BCUT2D eigenvalue weighted by Gasteiger charge is -2.20. The molecule has 0 saturated heterocycles. The van der Waals surface area contributed by atoms with Gasteiger partial charge in [0.1, 0.15) is 5.82 Å². The fraction of sp³-hybridized carbons (Fsp3) is 0.438. The van der Waals surface area contributed by atoms with Crippen molar-refractivity contribution < 1.29 is 9.47 Å². The van der Waals surface area contributed by atoms with Crippen LogP contribution in [-0.2, 0) is 13.0 Å². The van der Waals surface area contributed by atoms with Gasteiger partial charge in [-0.05, 0) is 24.7 Å². The van der Waals surface area contributed by atoms with Crippen molar-refractivity contribution in [1.29, 1.82) is 0 Å². The van der Waals surface area contributed by atoms with Gasteiger partial charge in [0.05, 0.1) is 20.3 Å². The molecule has 1 atom stereocenters. The molecule has 0 aliphatic carbocycles. The van der Waals surface area contributed by atoms with Gasteiger partial charge < -0.3 is 19.4 Å². The SMILES string of the molecule is CCc1nccn1CC(NC)c1ccc(OC)c(OC)c1. The number of likely N-dealkylation sites (N-methyl/N-ethyl adjacent to an activating group) is 1. The maximum atomic E-state index is 5.38. The van der Waals surface area contributed by atoms with E-state index in [1.807, 2.05) is 31.6 Å². The monoisotopic (exact) mass is 289 g/mol. The minimum absolute atomic E-state index is 0.185. The number of aromatic nitrogens is 2. The Kier molecular flexibility index (Phi) is 5.22. The van der Waals surface area contributed by atoms with Crippen LogP contribution in [0.5, 0.6) is 11.5 Å². The molecule has 2 aromatic rings. The van der Waals surface area contributed by atoms with Gasteiger partial charge in [0.2, 0.25) is 0 Å². The van der Waals surface area contributed by atoms with E-state index in [0.29, 0.717) is 0 Å². The second kappa shape index (κ2) is 7.13. The van der Waals surface area contributed by atoms with Crippen LogP contribution in [0.4, 0.5) is 0 Å². The topological polar surface area (TPSA) is 48.3 Å². The molecular weight excluding hydrogens is 266 g/mol. The summed E-state index contributed by atoms with van der Waals surface area (Å²) in [5.74, 6) is 2.58. The Bertz CT molecular complexity index is 581. The zero-order chi connectivity index (χ0) is 15.2. The highest BCUT2D eigenvalue weighted by molar-refractivity contribution is 5.43. The number of aryl methyl sites for hydroxylation is 1. The van der Waals surface area contributed by atoms with Gasteiger partial charge in [-0.3, -0.25) is 0 Å². The lowest BCUT2D eigenvalue weighted by molar-refractivity contribution is 0.353. The third kappa shape index (κ3) is 3.36. The zero-order valence-electron chi connectivity index (χ0n) is 13.1. The first-order valence-corrected chi connectivity index (χ1v) is 7.12. The molecule has 1 heterocycles. The molecule has 5 heteroatoms. The summed E-state index contributed by atoms with van der Waals surface area (Å²) in [6, 6.07) is 6.20. The predicted molar refractivity (Wildman–Crippen MR) is 83.0 cm³/mol. The summed E-state index contributed by atoms with van der Waals surface area (Å²) in [7, 11) is 5.26. The molecule has 0 spiro atoms. The number of hydrogen-bond acceptors (Lipinski definition) is 4. The van der Waals surface area contributed by atoms with Crippen LogP contribution in [0.2, 0.25) is 0 Å². The van der Waals surface area contributed by atoms with E-state index in [-0.39, 0.29) is 6.04 Å². The van der Waals surface area contributed by atoms with Crippen LogP contribution in [0.15, 0.2) is 30.6 Å². The summed E-state index contributed by atoms with van der Waals surface area (Å²) in [5, 5.41) is 3.35. The summed E-state index contributed by atoms with van der Waals surface area (Å²) in [5.41, 5.74) is 1.16. The van der Waals surface area contributed by atoms with Crippen molar-refractivity contribution in [2.24, 2.45) is 0 Å². The van der Waals surface area contributed by atoms with Crippen LogP contribution in [-0.4, -0.2) is 30.8 Å². The molecule has 1 aromatic heterocycles. The Morgan fingerprint density at radius 3 is 2.62 bits per heavy atom. The van der Waals surface area contributed by atoms with Crippen LogP contribution < -0.4 is 14.8 Å². The normalized spacial score (nSPS) is 12.2. The Balaban J connectivity index is 2.25. The Morgan fingerprint density at radius 1 is 1.24 bits per heavy atom. The molecule has 0 fully saturated rings. The van der Waals surface area contributed by atoms with E-state index in [1.165, 1.54) is 0 Å². The van der Waals surface area contributed by atoms with Crippen LogP contribution in [0, 0.1) is 0 Å². The molecular formula is C16H23N3O2. The summed E-state index contributed by atoms with van der Waals surface area (Å²) in [6.07, 6.45) is 4.79.